The van der Waals surface area contributed by atoms with Crippen molar-refractivity contribution >= 4 is 16.9 Å². The molecule has 0 fully saturated rings. The van der Waals surface area contributed by atoms with Crippen molar-refractivity contribution in [1.29, 1.82) is 0 Å². The van der Waals surface area contributed by atoms with Gasteiger partial charge in [0.05, 0.1) is 17.4 Å². The summed E-state index contributed by atoms with van der Waals surface area (Å²) in [5, 5.41) is 14.3. The van der Waals surface area contributed by atoms with Crippen LogP contribution in [0, 0.1) is 0 Å². The topological polar surface area (TPSA) is 70.9 Å². The maximum absolute atomic E-state index is 11.2. The summed E-state index contributed by atoms with van der Waals surface area (Å²) in [4.78, 5) is 14.4. The number of fused-ring (bicyclic) bond motifs is 1. The Labute approximate surface area is 103 Å². The lowest BCUT2D eigenvalue weighted by atomic mass is 10.1. The fraction of sp³-hybridized carbons (Fsp3) is 0.0769. The number of nitrogens with one attached hydrogen (secondary N) is 1. The van der Waals surface area contributed by atoms with Crippen molar-refractivity contribution in [1.82, 2.24) is 14.8 Å². The van der Waals surface area contributed by atoms with E-state index >= 15 is 0 Å². The van der Waals surface area contributed by atoms with Gasteiger partial charge in [-0.1, -0.05) is 18.2 Å². The van der Waals surface area contributed by atoms with Crippen molar-refractivity contribution in [2.45, 2.75) is 0 Å². The molecule has 0 saturated heterocycles. The number of H-pyrrole nitrogens is 1. The molecule has 0 radical (unpaired) electrons. The second-order valence-electron chi connectivity index (χ2n) is 4.08. The van der Waals surface area contributed by atoms with Crippen LogP contribution in [0.3, 0.4) is 0 Å². The minimum Gasteiger partial charge on any atom is -0.478 e. The molecule has 3 aromatic rings. The van der Waals surface area contributed by atoms with E-state index in [1.54, 1.807) is 11.7 Å². The standard InChI is InChI=1S/C13H11N3O2/c1-16-12(10(7-15-16)13(17)18)9-4-2-3-8-5-6-14-11(8)9/h2-7,14H,1H3,(H,17,18). The maximum atomic E-state index is 11.2. The molecule has 0 aliphatic heterocycles. The molecule has 5 heteroatoms. The van der Waals surface area contributed by atoms with Gasteiger partial charge in [0.1, 0.15) is 5.56 Å². The molecule has 90 valence electrons. The molecule has 0 aliphatic rings. The second kappa shape index (κ2) is 3.73. The molecule has 0 spiro atoms. The summed E-state index contributed by atoms with van der Waals surface area (Å²) in [6, 6.07) is 7.73. The van der Waals surface area contributed by atoms with Gasteiger partial charge in [-0.2, -0.15) is 5.10 Å². The van der Waals surface area contributed by atoms with E-state index in [2.05, 4.69) is 10.1 Å². The Morgan fingerprint density at radius 2 is 2.22 bits per heavy atom. The molecule has 2 heterocycles. The van der Waals surface area contributed by atoms with E-state index in [4.69, 9.17) is 0 Å². The fourth-order valence-corrected chi connectivity index (χ4v) is 2.20. The number of benzene rings is 1. The zero-order chi connectivity index (χ0) is 12.7. The summed E-state index contributed by atoms with van der Waals surface area (Å²) in [5.74, 6) is -0.971. The number of carbonyl (C=O) groups is 1. The third-order valence-electron chi connectivity index (χ3n) is 3.01. The number of carboxylic acids is 1. The summed E-state index contributed by atoms with van der Waals surface area (Å²) >= 11 is 0. The lowest BCUT2D eigenvalue weighted by molar-refractivity contribution is 0.0697. The lowest BCUT2D eigenvalue weighted by Crippen LogP contribution is -2.01. The van der Waals surface area contributed by atoms with Crippen molar-refractivity contribution in [2.24, 2.45) is 7.05 Å². The second-order valence-corrected chi connectivity index (χ2v) is 4.08. The predicted molar refractivity (Wildman–Crippen MR) is 67.5 cm³/mol. The molecule has 5 nitrogen and oxygen atoms in total. The Kier molecular flexibility index (Phi) is 2.19. The predicted octanol–water partition coefficient (Wildman–Crippen LogP) is 2.27. The Bertz CT molecular complexity index is 740. The van der Waals surface area contributed by atoms with Crippen molar-refractivity contribution in [2.75, 3.05) is 0 Å². The molecule has 0 bridgehead atoms. The minimum atomic E-state index is -0.971. The number of aromatic nitrogens is 3. The Balaban J connectivity index is 2.36. The first-order valence-corrected chi connectivity index (χ1v) is 5.50. The van der Waals surface area contributed by atoms with Crippen LogP contribution in [0.25, 0.3) is 22.2 Å². The number of rotatable bonds is 2. The van der Waals surface area contributed by atoms with E-state index in [9.17, 15) is 9.90 Å². The molecule has 2 N–H and O–H groups in total. The van der Waals surface area contributed by atoms with Crippen LogP contribution in [0.2, 0.25) is 0 Å². The summed E-state index contributed by atoms with van der Waals surface area (Å²) in [6.07, 6.45) is 3.21. The van der Waals surface area contributed by atoms with E-state index in [-0.39, 0.29) is 5.56 Å². The van der Waals surface area contributed by atoms with Gasteiger partial charge in [0.2, 0.25) is 0 Å². The van der Waals surface area contributed by atoms with Crippen LogP contribution in [0.4, 0.5) is 0 Å². The number of aromatic carboxylic acids is 1. The van der Waals surface area contributed by atoms with Gasteiger partial charge < -0.3 is 10.1 Å². The number of aryl methyl sites for hydroxylation is 1. The summed E-state index contributed by atoms with van der Waals surface area (Å²) < 4.78 is 1.58. The first-order chi connectivity index (χ1) is 8.68. The summed E-state index contributed by atoms with van der Waals surface area (Å²) in [5.41, 5.74) is 2.58. The average molecular weight is 241 g/mol. The van der Waals surface area contributed by atoms with Crippen molar-refractivity contribution in [3.63, 3.8) is 0 Å². The Morgan fingerprint density at radius 1 is 1.39 bits per heavy atom. The summed E-state index contributed by atoms with van der Waals surface area (Å²) in [7, 11) is 1.74. The molecular formula is C13H11N3O2. The van der Waals surface area contributed by atoms with E-state index in [1.165, 1.54) is 6.20 Å². The van der Waals surface area contributed by atoms with Gasteiger partial charge in [-0.3, -0.25) is 4.68 Å². The highest BCUT2D eigenvalue weighted by atomic mass is 16.4. The first kappa shape index (κ1) is 10.6. The molecule has 2 aromatic heterocycles. The van der Waals surface area contributed by atoms with Crippen LogP contribution in [-0.2, 0) is 7.05 Å². The van der Waals surface area contributed by atoms with Crippen LogP contribution in [-0.4, -0.2) is 25.8 Å². The quantitative estimate of drug-likeness (QED) is 0.723. The molecule has 0 aliphatic carbocycles. The van der Waals surface area contributed by atoms with Crippen LogP contribution >= 0.6 is 0 Å². The molecular weight excluding hydrogens is 230 g/mol. The SMILES string of the molecule is Cn1ncc(C(=O)O)c1-c1cccc2cc[nH]c12. The highest BCUT2D eigenvalue weighted by molar-refractivity contribution is 6.01. The number of hydrogen-bond acceptors (Lipinski definition) is 2. The number of carboxylic acid groups (broad SMARTS) is 1. The monoisotopic (exact) mass is 241 g/mol. The Hall–Kier alpha value is -2.56. The number of nitrogens with zero attached hydrogens (tertiary/aromatic N) is 2. The van der Waals surface area contributed by atoms with Gasteiger partial charge in [-0.05, 0) is 6.07 Å². The highest BCUT2D eigenvalue weighted by Gasteiger charge is 2.18. The molecule has 0 amide bonds. The van der Waals surface area contributed by atoms with Crippen molar-refractivity contribution in [3.05, 3.63) is 42.2 Å². The zero-order valence-corrected chi connectivity index (χ0v) is 9.71. The van der Waals surface area contributed by atoms with Gasteiger partial charge >= 0.3 is 5.97 Å². The smallest absolute Gasteiger partial charge is 0.339 e. The van der Waals surface area contributed by atoms with E-state index in [1.807, 2.05) is 30.5 Å². The molecule has 1 aromatic carbocycles. The van der Waals surface area contributed by atoms with E-state index in [0.29, 0.717) is 5.69 Å². The normalized spacial score (nSPS) is 10.9. The molecule has 18 heavy (non-hydrogen) atoms. The van der Waals surface area contributed by atoms with Crippen LogP contribution in [0.5, 0.6) is 0 Å². The molecule has 0 atom stereocenters. The number of para-hydroxylation sites is 1. The largest absolute Gasteiger partial charge is 0.478 e. The molecule has 0 unspecified atom stereocenters. The third kappa shape index (κ3) is 1.41. The van der Waals surface area contributed by atoms with Crippen molar-refractivity contribution < 1.29 is 9.90 Å². The van der Waals surface area contributed by atoms with E-state index < -0.39 is 5.97 Å². The number of aromatic amines is 1. The fourth-order valence-electron chi connectivity index (χ4n) is 2.20. The zero-order valence-electron chi connectivity index (χ0n) is 9.71. The average Bonchev–Trinajstić information content (AvgIpc) is 2.94. The van der Waals surface area contributed by atoms with Gasteiger partial charge in [-0.25, -0.2) is 4.79 Å². The summed E-state index contributed by atoms with van der Waals surface area (Å²) in [6.45, 7) is 0. The maximum Gasteiger partial charge on any atom is 0.339 e. The van der Waals surface area contributed by atoms with Crippen LogP contribution < -0.4 is 0 Å². The third-order valence-corrected chi connectivity index (χ3v) is 3.01. The van der Waals surface area contributed by atoms with Crippen LogP contribution in [0.1, 0.15) is 10.4 Å². The van der Waals surface area contributed by atoms with Gasteiger partial charge in [0.15, 0.2) is 0 Å². The molecule has 3 rings (SSSR count). The first-order valence-electron chi connectivity index (χ1n) is 5.50. The van der Waals surface area contributed by atoms with Gasteiger partial charge in [0, 0.05) is 24.2 Å². The minimum absolute atomic E-state index is 0.208. The lowest BCUT2D eigenvalue weighted by Gasteiger charge is -2.05. The van der Waals surface area contributed by atoms with Gasteiger partial charge in [-0.15, -0.1) is 0 Å². The number of hydrogen-bond donors (Lipinski definition) is 2. The van der Waals surface area contributed by atoms with E-state index in [0.717, 1.165) is 16.5 Å². The van der Waals surface area contributed by atoms with Crippen molar-refractivity contribution in [3.8, 4) is 11.3 Å². The van der Waals surface area contributed by atoms with Gasteiger partial charge in [0.25, 0.3) is 0 Å². The molecule has 0 saturated carbocycles. The Morgan fingerprint density at radius 3 is 3.00 bits per heavy atom. The van der Waals surface area contributed by atoms with Crippen LogP contribution in [0.15, 0.2) is 36.7 Å². The highest BCUT2D eigenvalue weighted by Crippen LogP contribution is 2.29.